The molecule has 1 spiro atoms. The van der Waals surface area contributed by atoms with Gasteiger partial charge in [0.1, 0.15) is 0 Å². The average Bonchev–Trinajstić information content (AvgIpc) is 4.01. The summed E-state index contributed by atoms with van der Waals surface area (Å²) in [4.78, 5) is 0. The summed E-state index contributed by atoms with van der Waals surface area (Å²) in [5, 5.41) is 6.70. The molecule has 3 heteroatoms. The van der Waals surface area contributed by atoms with E-state index in [0.29, 0.717) is 0 Å². The molecule has 1 aliphatic carbocycles. The molecule has 15 rings (SSSR count). The maximum absolute atomic E-state index is 2.77. The third-order valence-electron chi connectivity index (χ3n) is 17.3. The highest BCUT2D eigenvalue weighted by molar-refractivity contribution is 7.00. The van der Waals surface area contributed by atoms with Gasteiger partial charge in [0.15, 0.2) is 0 Å². The average molecular weight is 899 g/mol. The Balaban J connectivity index is 1.18. The van der Waals surface area contributed by atoms with Crippen molar-refractivity contribution in [1.82, 2.24) is 9.13 Å². The molecule has 0 N–H and O–H groups in total. The molecular weight excluding hydrogens is 844 g/mol. The zero-order valence-corrected chi connectivity index (χ0v) is 41.5. The fraction of sp³-hybridized carbons (Fsp3) is 0.194. The fourth-order valence-electron chi connectivity index (χ4n) is 14.1. The van der Waals surface area contributed by atoms with E-state index in [1.807, 2.05) is 0 Å². The fourth-order valence-corrected chi connectivity index (χ4v) is 14.1. The summed E-state index contributed by atoms with van der Waals surface area (Å²) >= 11 is 0. The molecule has 0 atom stereocenters. The number of hydrogen-bond acceptors (Lipinski definition) is 0. The van der Waals surface area contributed by atoms with Crippen molar-refractivity contribution in [2.75, 3.05) is 0 Å². The minimum Gasteiger partial charge on any atom is -0.310 e. The molecule has 2 nitrogen and oxygen atoms in total. The summed E-state index contributed by atoms with van der Waals surface area (Å²) in [6.07, 6.45) is 1.94. The molecule has 336 valence electrons. The maximum atomic E-state index is 2.77. The molecule has 0 radical (unpaired) electrons. The number of aryl methyl sites for hydroxylation is 2. The van der Waals surface area contributed by atoms with Crippen LogP contribution in [0.1, 0.15) is 99.9 Å². The number of rotatable bonds is 4. The van der Waals surface area contributed by atoms with E-state index in [0.717, 1.165) is 12.8 Å². The normalized spacial score (nSPS) is 14.5. The first-order valence-corrected chi connectivity index (χ1v) is 25.8. The van der Waals surface area contributed by atoms with Gasteiger partial charge < -0.3 is 9.13 Å². The minimum absolute atomic E-state index is 0.00800. The first kappa shape index (κ1) is 40.5. The number of nitrogens with zero attached hydrogens (tertiary/aromatic N) is 2. The van der Waals surface area contributed by atoms with Crippen LogP contribution >= 0.6 is 0 Å². The van der Waals surface area contributed by atoms with Crippen LogP contribution in [-0.4, -0.2) is 15.8 Å². The van der Waals surface area contributed by atoms with Crippen LogP contribution in [0.5, 0.6) is 0 Å². The summed E-state index contributed by atoms with van der Waals surface area (Å²) in [6.45, 7) is 18.6. The zero-order valence-electron chi connectivity index (χ0n) is 41.5. The van der Waals surface area contributed by atoms with E-state index in [-0.39, 0.29) is 17.5 Å². The van der Waals surface area contributed by atoms with Gasteiger partial charge in [-0.1, -0.05) is 201 Å². The van der Waals surface area contributed by atoms with Gasteiger partial charge in [-0.25, -0.2) is 0 Å². The molecule has 0 amide bonds. The van der Waals surface area contributed by atoms with Crippen molar-refractivity contribution in [3.63, 3.8) is 0 Å². The molecule has 5 heterocycles. The highest BCUT2D eigenvalue weighted by atomic mass is 15.1. The number of hydrogen-bond donors (Lipinski definition) is 0. The molecular formula is C67H55BN2. The molecule has 9 aromatic carbocycles. The minimum atomic E-state index is -0.512. The lowest BCUT2D eigenvalue weighted by atomic mass is 9.33. The first-order chi connectivity index (χ1) is 33.9. The first-order valence-electron chi connectivity index (χ1n) is 25.8. The molecule has 4 aliphatic rings. The molecule has 0 saturated carbocycles. The Kier molecular flexibility index (Phi) is 7.81. The van der Waals surface area contributed by atoms with Gasteiger partial charge in [0.25, 0.3) is 6.71 Å². The van der Waals surface area contributed by atoms with Crippen LogP contribution in [0.2, 0.25) is 0 Å². The van der Waals surface area contributed by atoms with Crippen LogP contribution in [0, 0.1) is 0 Å². The quantitative estimate of drug-likeness (QED) is 0.156. The topological polar surface area (TPSA) is 9.86 Å². The van der Waals surface area contributed by atoms with Crippen molar-refractivity contribution in [3.05, 3.63) is 208 Å². The van der Waals surface area contributed by atoms with Gasteiger partial charge in [0.05, 0.1) is 22.1 Å². The molecule has 0 unspecified atom stereocenters. The lowest BCUT2D eigenvalue weighted by Gasteiger charge is -2.44. The Morgan fingerprint density at radius 2 is 1.04 bits per heavy atom. The molecule has 0 fully saturated rings. The van der Waals surface area contributed by atoms with Crippen molar-refractivity contribution in [2.24, 2.45) is 0 Å². The Hall–Kier alpha value is -7.36. The standard InChI is InChI=1S/C67H55BN2/c1-9-38-33-48-49-34-39(10-2)36-54-62(49)70-61(48)53(35-38)67(50-21-15-13-19-46(50)47-20-14-16-22-51(47)67)52-31-32-56-59(63(52)70)68(54)55-37-42-17-11-12-18-45(42)58-57(40-23-27-43(28-24-40)65(3,4)5)60(69(56)64(55)58)41-25-29-44(30-26-41)66(6,7)8/h11-37H,9-10H2,1-8H3. The number of fused-ring (bicyclic) bond motifs is 13. The largest absolute Gasteiger partial charge is 0.310 e. The Morgan fingerprint density at radius 1 is 0.471 bits per heavy atom. The summed E-state index contributed by atoms with van der Waals surface area (Å²) in [5.41, 5.74) is 29.3. The second-order valence-corrected chi connectivity index (χ2v) is 23.0. The van der Waals surface area contributed by atoms with Crippen LogP contribution < -0.4 is 16.4 Å². The summed E-state index contributed by atoms with van der Waals surface area (Å²) < 4.78 is 5.50. The van der Waals surface area contributed by atoms with Crippen molar-refractivity contribution < 1.29 is 0 Å². The highest BCUT2D eigenvalue weighted by Gasteiger charge is 2.54. The van der Waals surface area contributed by atoms with Gasteiger partial charge in [-0.15, -0.1) is 0 Å². The van der Waals surface area contributed by atoms with Gasteiger partial charge in [0.2, 0.25) is 0 Å². The maximum Gasteiger partial charge on any atom is 0.252 e. The van der Waals surface area contributed by atoms with Gasteiger partial charge >= 0.3 is 0 Å². The van der Waals surface area contributed by atoms with E-state index >= 15 is 0 Å². The number of benzene rings is 9. The lowest BCUT2D eigenvalue weighted by molar-refractivity contribution is 0.590. The van der Waals surface area contributed by atoms with E-state index in [1.54, 1.807) is 0 Å². The summed E-state index contributed by atoms with van der Waals surface area (Å²) in [6, 6.07) is 65.0. The van der Waals surface area contributed by atoms with Crippen molar-refractivity contribution >= 4 is 66.6 Å². The smallest absolute Gasteiger partial charge is 0.252 e. The van der Waals surface area contributed by atoms with Crippen LogP contribution in [0.4, 0.5) is 0 Å². The highest BCUT2D eigenvalue weighted by Crippen LogP contribution is 2.62. The SMILES string of the molecule is CCc1cc2c3c(c1)c1cc(CC)cc4c1n3-c1c(ccc3c1B2c1cc2ccccc2c2c(-c5ccc(C(C)(C)C)cc5)c(-c5ccc(C(C)(C)C)cc5)n-3c12)C41c2ccccc2-c2ccccc21. The second-order valence-electron chi connectivity index (χ2n) is 23.0. The van der Waals surface area contributed by atoms with Crippen molar-refractivity contribution in [2.45, 2.75) is 84.5 Å². The monoisotopic (exact) mass is 898 g/mol. The lowest BCUT2D eigenvalue weighted by Crippen LogP contribution is -2.60. The third kappa shape index (κ3) is 4.86. The van der Waals surface area contributed by atoms with Gasteiger partial charge in [0, 0.05) is 38.6 Å². The van der Waals surface area contributed by atoms with E-state index < -0.39 is 5.41 Å². The zero-order chi connectivity index (χ0) is 47.3. The van der Waals surface area contributed by atoms with Crippen LogP contribution in [0.25, 0.3) is 88.4 Å². The molecule has 0 bridgehead atoms. The van der Waals surface area contributed by atoms with E-state index in [1.165, 1.54) is 149 Å². The van der Waals surface area contributed by atoms with E-state index in [2.05, 4.69) is 228 Å². The number of aromatic nitrogens is 2. The van der Waals surface area contributed by atoms with Gasteiger partial charge in [-0.3, -0.25) is 0 Å². The molecule has 2 aromatic heterocycles. The van der Waals surface area contributed by atoms with Crippen LogP contribution in [0.15, 0.2) is 164 Å². The van der Waals surface area contributed by atoms with Crippen LogP contribution in [-0.2, 0) is 29.1 Å². The molecule has 11 aromatic rings. The van der Waals surface area contributed by atoms with E-state index in [4.69, 9.17) is 0 Å². The summed E-state index contributed by atoms with van der Waals surface area (Å²) in [5.74, 6) is 0. The Labute approximate surface area is 411 Å². The predicted octanol–water partition coefficient (Wildman–Crippen LogP) is 14.8. The van der Waals surface area contributed by atoms with Gasteiger partial charge in [-0.2, -0.15) is 0 Å². The molecule has 3 aliphatic heterocycles. The molecule has 0 saturated heterocycles. The Morgan fingerprint density at radius 3 is 1.69 bits per heavy atom. The van der Waals surface area contributed by atoms with Gasteiger partial charge in [-0.05, 0) is 136 Å². The molecule has 70 heavy (non-hydrogen) atoms. The summed E-state index contributed by atoms with van der Waals surface area (Å²) in [7, 11) is 0. The third-order valence-corrected chi connectivity index (χ3v) is 17.3. The van der Waals surface area contributed by atoms with Crippen LogP contribution in [0.3, 0.4) is 0 Å². The Bertz CT molecular complexity index is 4100. The van der Waals surface area contributed by atoms with Crippen molar-refractivity contribution in [3.8, 4) is 44.9 Å². The second kappa shape index (κ2) is 13.5. The predicted molar refractivity (Wildman–Crippen MR) is 298 cm³/mol. The van der Waals surface area contributed by atoms with Crippen molar-refractivity contribution in [1.29, 1.82) is 0 Å². The van der Waals surface area contributed by atoms with E-state index in [9.17, 15) is 0 Å².